The van der Waals surface area contributed by atoms with E-state index in [4.69, 9.17) is 10.5 Å². The second-order valence-corrected chi connectivity index (χ2v) is 6.46. The molecule has 1 saturated heterocycles. The summed E-state index contributed by atoms with van der Waals surface area (Å²) in [6, 6.07) is 5.22. The highest BCUT2D eigenvalue weighted by Gasteiger charge is 2.15. The molecule has 1 fully saturated rings. The van der Waals surface area contributed by atoms with Crippen LogP contribution in [0.2, 0.25) is 0 Å². The average molecular weight is 436 g/mol. The molecule has 0 bridgehead atoms. The average Bonchev–Trinajstić information content (AvgIpc) is 2.44. The molecule has 1 aromatic rings. The van der Waals surface area contributed by atoms with Crippen LogP contribution in [-0.4, -0.2) is 37.8 Å². The Balaban J connectivity index is 0.00000264. The Morgan fingerprint density at radius 3 is 2.57 bits per heavy atom. The Labute approximate surface area is 154 Å². The third-order valence-electron chi connectivity index (χ3n) is 3.30. The second kappa shape index (κ2) is 8.68. The Hall–Kier alpha value is -1.09. The van der Waals surface area contributed by atoms with E-state index < -0.39 is 0 Å². The lowest BCUT2D eigenvalue weighted by Gasteiger charge is -2.29. The van der Waals surface area contributed by atoms with Crippen molar-refractivity contribution in [2.45, 2.75) is 32.9 Å². The molecular formula is C16H26FIN4O. The van der Waals surface area contributed by atoms with Crippen LogP contribution >= 0.6 is 24.0 Å². The van der Waals surface area contributed by atoms with Gasteiger partial charge in [0.15, 0.2) is 5.96 Å². The summed E-state index contributed by atoms with van der Waals surface area (Å²) in [7, 11) is 0. The van der Waals surface area contributed by atoms with Crippen LogP contribution in [0.5, 0.6) is 0 Å². The Kier molecular flexibility index (Phi) is 7.53. The summed E-state index contributed by atoms with van der Waals surface area (Å²) in [5, 5.41) is 3.08. The van der Waals surface area contributed by atoms with Crippen LogP contribution < -0.4 is 16.0 Å². The zero-order valence-corrected chi connectivity index (χ0v) is 16.3. The molecule has 0 aromatic heterocycles. The van der Waals surface area contributed by atoms with Crippen LogP contribution in [0.3, 0.4) is 0 Å². The van der Waals surface area contributed by atoms with Crippen molar-refractivity contribution in [2.75, 3.05) is 31.2 Å². The lowest BCUT2D eigenvalue weighted by Crippen LogP contribution is -2.44. The predicted molar refractivity (Wildman–Crippen MR) is 103 cm³/mol. The van der Waals surface area contributed by atoms with E-state index in [1.54, 1.807) is 6.07 Å². The van der Waals surface area contributed by atoms with E-state index in [0.717, 1.165) is 18.7 Å². The highest BCUT2D eigenvalue weighted by atomic mass is 127. The number of halogens is 2. The van der Waals surface area contributed by atoms with Gasteiger partial charge in [-0.15, -0.1) is 24.0 Å². The minimum Gasteiger partial charge on any atom is -0.378 e. The fraction of sp³-hybridized carbons (Fsp3) is 0.562. The van der Waals surface area contributed by atoms with Gasteiger partial charge in [0.1, 0.15) is 5.82 Å². The van der Waals surface area contributed by atoms with E-state index in [0.29, 0.717) is 31.4 Å². The fourth-order valence-corrected chi connectivity index (χ4v) is 2.31. The maximum Gasteiger partial charge on any atom is 0.189 e. The quantitative estimate of drug-likeness (QED) is 0.434. The Morgan fingerprint density at radius 1 is 1.35 bits per heavy atom. The van der Waals surface area contributed by atoms with E-state index in [9.17, 15) is 4.39 Å². The number of hydrogen-bond donors (Lipinski definition) is 2. The molecule has 7 heteroatoms. The maximum atomic E-state index is 14.3. The fourth-order valence-electron chi connectivity index (χ4n) is 2.31. The molecule has 2 rings (SSSR count). The summed E-state index contributed by atoms with van der Waals surface area (Å²) >= 11 is 0. The molecule has 23 heavy (non-hydrogen) atoms. The summed E-state index contributed by atoms with van der Waals surface area (Å²) in [6.07, 6.45) is 0. The third kappa shape index (κ3) is 6.50. The first-order valence-corrected chi connectivity index (χ1v) is 7.54. The van der Waals surface area contributed by atoms with E-state index in [-0.39, 0.29) is 35.3 Å². The van der Waals surface area contributed by atoms with E-state index in [1.165, 1.54) is 6.07 Å². The normalized spacial score (nSPS) is 16.0. The molecule has 0 atom stereocenters. The highest BCUT2D eigenvalue weighted by Crippen LogP contribution is 2.21. The molecule has 0 unspecified atom stereocenters. The van der Waals surface area contributed by atoms with Crippen LogP contribution in [0, 0.1) is 5.82 Å². The minimum absolute atomic E-state index is 0. The number of benzene rings is 1. The van der Waals surface area contributed by atoms with Gasteiger partial charge in [0.05, 0.1) is 25.4 Å². The van der Waals surface area contributed by atoms with E-state index in [1.807, 2.05) is 31.7 Å². The minimum atomic E-state index is -0.225. The zero-order valence-electron chi connectivity index (χ0n) is 13.9. The first-order chi connectivity index (χ1) is 10.3. The SMILES string of the molecule is CC(C)(C)NC(N)=NCc1ccc(N2CCOCC2)c(F)c1.I. The zero-order chi connectivity index (χ0) is 16.2. The second-order valence-electron chi connectivity index (χ2n) is 6.46. The lowest BCUT2D eigenvalue weighted by atomic mass is 10.1. The number of nitrogens with two attached hydrogens (primary N) is 1. The summed E-state index contributed by atoms with van der Waals surface area (Å²) < 4.78 is 19.5. The third-order valence-corrected chi connectivity index (χ3v) is 3.30. The lowest BCUT2D eigenvalue weighted by molar-refractivity contribution is 0.122. The number of rotatable bonds is 3. The standard InChI is InChI=1S/C16H25FN4O.HI/c1-16(2,3)20-15(18)19-11-12-4-5-14(13(17)10-12)21-6-8-22-9-7-21;/h4-5,10H,6-9,11H2,1-3H3,(H3,18,19,20);1H. The van der Waals surface area contributed by atoms with Crippen LogP contribution in [0.4, 0.5) is 10.1 Å². The molecule has 5 nitrogen and oxygen atoms in total. The number of morpholine rings is 1. The van der Waals surface area contributed by atoms with Crippen LogP contribution in [0.15, 0.2) is 23.2 Å². The van der Waals surface area contributed by atoms with Gasteiger partial charge in [-0.1, -0.05) is 6.07 Å². The van der Waals surface area contributed by atoms with Crippen molar-refractivity contribution in [3.05, 3.63) is 29.6 Å². The van der Waals surface area contributed by atoms with Gasteiger partial charge in [0.2, 0.25) is 0 Å². The summed E-state index contributed by atoms with van der Waals surface area (Å²) in [4.78, 5) is 6.25. The molecule has 1 heterocycles. The first kappa shape index (κ1) is 20.0. The molecule has 1 aliphatic rings. The number of anilines is 1. The van der Waals surface area contributed by atoms with Crippen LogP contribution in [0.25, 0.3) is 0 Å². The largest absolute Gasteiger partial charge is 0.378 e. The highest BCUT2D eigenvalue weighted by molar-refractivity contribution is 14.0. The van der Waals surface area contributed by atoms with Gasteiger partial charge in [-0.3, -0.25) is 0 Å². The topological polar surface area (TPSA) is 62.9 Å². The molecule has 0 radical (unpaired) electrons. The van der Waals surface area contributed by atoms with Gasteiger partial charge in [0.25, 0.3) is 0 Å². The summed E-state index contributed by atoms with van der Waals surface area (Å²) in [5.41, 5.74) is 7.10. The monoisotopic (exact) mass is 436 g/mol. The Morgan fingerprint density at radius 2 is 2.00 bits per heavy atom. The molecule has 0 saturated carbocycles. The molecule has 0 spiro atoms. The number of nitrogens with one attached hydrogen (secondary N) is 1. The van der Waals surface area contributed by atoms with Crippen molar-refractivity contribution in [3.8, 4) is 0 Å². The smallest absolute Gasteiger partial charge is 0.189 e. The summed E-state index contributed by atoms with van der Waals surface area (Å²) in [6.45, 7) is 9.09. The van der Waals surface area contributed by atoms with Gasteiger partial charge in [-0.25, -0.2) is 9.38 Å². The maximum absolute atomic E-state index is 14.3. The molecule has 1 aliphatic heterocycles. The van der Waals surface area contributed by atoms with Crippen molar-refractivity contribution < 1.29 is 9.13 Å². The number of ether oxygens (including phenoxy) is 1. The van der Waals surface area contributed by atoms with Gasteiger partial charge in [-0.05, 0) is 38.5 Å². The molecule has 3 N–H and O–H groups in total. The van der Waals surface area contributed by atoms with E-state index >= 15 is 0 Å². The van der Waals surface area contributed by atoms with Crippen molar-refractivity contribution in [2.24, 2.45) is 10.7 Å². The first-order valence-electron chi connectivity index (χ1n) is 7.54. The van der Waals surface area contributed by atoms with Gasteiger partial charge >= 0.3 is 0 Å². The van der Waals surface area contributed by atoms with E-state index in [2.05, 4.69) is 10.3 Å². The van der Waals surface area contributed by atoms with Crippen molar-refractivity contribution in [3.63, 3.8) is 0 Å². The molecule has 0 amide bonds. The van der Waals surface area contributed by atoms with Crippen molar-refractivity contribution >= 4 is 35.6 Å². The number of hydrogen-bond acceptors (Lipinski definition) is 3. The molecule has 1 aromatic carbocycles. The van der Waals surface area contributed by atoms with Crippen LogP contribution in [0.1, 0.15) is 26.3 Å². The van der Waals surface area contributed by atoms with Gasteiger partial charge in [0, 0.05) is 18.6 Å². The number of guanidine groups is 1. The molecular weight excluding hydrogens is 410 g/mol. The molecule has 0 aliphatic carbocycles. The summed E-state index contributed by atoms with van der Waals surface area (Å²) in [5.74, 6) is 0.141. The number of nitrogens with zero attached hydrogens (tertiary/aromatic N) is 2. The Bertz CT molecular complexity index is 539. The van der Waals surface area contributed by atoms with Crippen molar-refractivity contribution in [1.82, 2.24) is 5.32 Å². The predicted octanol–water partition coefficient (Wildman–Crippen LogP) is 2.48. The van der Waals surface area contributed by atoms with Crippen molar-refractivity contribution in [1.29, 1.82) is 0 Å². The number of aliphatic imine (C=N–C) groups is 1. The van der Waals surface area contributed by atoms with Gasteiger partial charge < -0.3 is 20.7 Å². The van der Waals surface area contributed by atoms with Gasteiger partial charge in [-0.2, -0.15) is 0 Å². The van der Waals surface area contributed by atoms with Crippen LogP contribution in [-0.2, 0) is 11.3 Å². The molecule has 130 valence electrons.